The molecule has 5 aromatic rings. The number of hydrogen-bond acceptors (Lipinski definition) is 8. The lowest BCUT2D eigenvalue weighted by Gasteiger charge is -2.18. The van der Waals surface area contributed by atoms with E-state index in [-0.39, 0.29) is 37.0 Å². The van der Waals surface area contributed by atoms with Gasteiger partial charge in [-0.05, 0) is 75.6 Å². The van der Waals surface area contributed by atoms with E-state index in [0.717, 1.165) is 5.52 Å². The van der Waals surface area contributed by atoms with Gasteiger partial charge in [-0.3, -0.25) is 19.4 Å². The summed E-state index contributed by atoms with van der Waals surface area (Å²) in [5, 5.41) is 0. The topological polar surface area (TPSA) is 154 Å². The number of aryl methyl sites for hydroxylation is 1. The minimum absolute atomic E-state index is 0. The summed E-state index contributed by atoms with van der Waals surface area (Å²) in [6, 6.07) is 28.7. The molecule has 0 aliphatic rings. The summed E-state index contributed by atoms with van der Waals surface area (Å²) >= 11 is 3.48. The number of nitrogens with one attached hydrogen (secondary N) is 1. The molecule has 5 rings (SSSR count). The Morgan fingerprint density at radius 2 is 1.48 bits per heavy atom. The molecular weight excluding hydrogens is 676 g/mol. The molecule has 2 aromatic carbocycles. The van der Waals surface area contributed by atoms with Crippen LogP contribution in [0, 0.1) is 13.8 Å². The van der Waals surface area contributed by atoms with E-state index in [1.807, 2.05) is 30.5 Å². The summed E-state index contributed by atoms with van der Waals surface area (Å²) in [4.78, 5) is 54.4. The molecule has 3 heterocycles. The standard InChI is InChI=1S/C17H18N2.C8H9Br.C5H6N2O.C5H8O3.CO2.CH4/c1-12-13(2)19(16-10-7-11-18-17(12)16)14(3)15-8-5-4-6-9-15;1-7(9)8-5-3-2-4-6-8;6-4-2-1-3-7-5(4)8;1-4(6)3-5(7)8-2;2-1-3;/h4-11,14H,1-3H3;2-7H,1H3;1-3H,6H2,(H,7,8);3H2,1-2H3;;1H4. The Hall–Kier alpha value is -5.12. The minimum atomic E-state index is -0.475. The van der Waals surface area contributed by atoms with Crippen LogP contribution in [0.15, 0.2) is 102 Å². The largest absolute Gasteiger partial charge is 0.469 e. The zero-order valence-electron chi connectivity index (χ0n) is 27.4. The van der Waals surface area contributed by atoms with E-state index in [9.17, 15) is 14.4 Å². The first-order valence-electron chi connectivity index (χ1n) is 14.5. The van der Waals surface area contributed by atoms with Crippen molar-refractivity contribution in [2.24, 2.45) is 0 Å². The van der Waals surface area contributed by atoms with Gasteiger partial charge in [-0.15, -0.1) is 0 Å². The molecule has 10 nitrogen and oxygen atoms in total. The van der Waals surface area contributed by atoms with Crippen molar-refractivity contribution in [2.45, 2.75) is 59.3 Å². The predicted octanol–water partition coefficient (Wildman–Crippen LogP) is 7.55. The fourth-order valence-corrected chi connectivity index (χ4v) is 4.53. The number of rotatable bonds is 5. The van der Waals surface area contributed by atoms with Crippen LogP contribution in [0.5, 0.6) is 0 Å². The molecule has 0 aliphatic carbocycles. The van der Waals surface area contributed by atoms with Gasteiger partial charge < -0.3 is 20.0 Å². The Kier molecular flexibility index (Phi) is 20.8. The zero-order chi connectivity index (χ0) is 35.4. The highest BCUT2D eigenvalue weighted by Crippen LogP contribution is 2.29. The number of pyridine rings is 2. The van der Waals surface area contributed by atoms with Gasteiger partial charge in [0.1, 0.15) is 12.2 Å². The highest BCUT2D eigenvalue weighted by atomic mass is 79.9. The number of carbonyl (C=O) groups excluding carboxylic acids is 4. The van der Waals surface area contributed by atoms with Crippen molar-refractivity contribution in [1.82, 2.24) is 14.5 Å². The lowest BCUT2D eigenvalue weighted by Crippen LogP contribution is -2.08. The molecule has 0 spiro atoms. The Morgan fingerprint density at radius 3 is 1.88 bits per heavy atom. The Balaban J connectivity index is 0.000000646. The van der Waals surface area contributed by atoms with Crippen molar-refractivity contribution < 1.29 is 23.9 Å². The number of methoxy groups -OCH3 is 1. The van der Waals surface area contributed by atoms with Crippen LogP contribution in [-0.2, 0) is 23.9 Å². The van der Waals surface area contributed by atoms with Gasteiger partial charge in [0.2, 0.25) is 0 Å². The molecular formula is C37H45BrN4O6. The maximum atomic E-state index is 10.4. The number of alkyl halides is 1. The van der Waals surface area contributed by atoms with Crippen LogP contribution in [0.2, 0.25) is 0 Å². The average Bonchev–Trinajstić information content (AvgIpc) is 3.33. The van der Waals surface area contributed by atoms with E-state index < -0.39 is 5.97 Å². The van der Waals surface area contributed by atoms with Crippen LogP contribution >= 0.6 is 15.9 Å². The van der Waals surface area contributed by atoms with Gasteiger partial charge in [-0.2, -0.15) is 9.59 Å². The molecule has 3 N–H and O–H groups in total. The summed E-state index contributed by atoms with van der Waals surface area (Å²) in [5.41, 5.74) is 12.8. The molecule has 0 bridgehead atoms. The van der Waals surface area contributed by atoms with Crippen molar-refractivity contribution in [3.8, 4) is 0 Å². The molecule has 0 fully saturated rings. The number of aromatic nitrogens is 3. The second kappa shape index (κ2) is 23.2. The van der Waals surface area contributed by atoms with Crippen LogP contribution < -0.4 is 11.3 Å². The molecule has 0 aliphatic heterocycles. The number of Topliss-reactive ketones (excluding diaryl/α,β-unsaturated/α-hetero) is 1. The van der Waals surface area contributed by atoms with E-state index in [1.54, 1.807) is 18.3 Å². The number of anilines is 1. The number of aromatic amines is 1. The van der Waals surface area contributed by atoms with E-state index in [1.165, 1.54) is 41.9 Å². The summed E-state index contributed by atoms with van der Waals surface area (Å²) < 4.78 is 6.58. The smallest absolute Gasteiger partial charge is 0.373 e. The summed E-state index contributed by atoms with van der Waals surface area (Å²) in [7, 11) is 1.26. The SMILES string of the molecule is C.CC(Br)c1ccccc1.COC(=O)CC(C)=O.Cc1c(C)n(C(C)c2ccccc2)c2cccnc12.Nc1ccc[nH]c1=O.O=C=O. The van der Waals surface area contributed by atoms with Gasteiger partial charge in [0.05, 0.1) is 29.9 Å². The molecule has 0 saturated heterocycles. The average molecular weight is 722 g/mol. The second-order valence-electron chi connectivity index (χ2n) is 10.1. The van der Waals surface area contributed by atoms with Crippen LogP contribution in [0.4, 0.5) is 5.69 Å². The Morgan fingerprint density at radius 1 is 0.938 bits per heavy atom. The molecule has 3 aromatic heterocycles. The molecule has 2 unspecified atom stereocenters. The molecule has 0 amide bonds. The normalized spacial score (nSPS) is 10.6. The van der Waals surface area contributed by atoms with Crippen molar-refractivity contribution in [3.05, 3.63) is 130 Å². The summed E-state index contributed by atoms with van der Waals surface area (Å²) in [6.07, 6.45) is 3.54. The molecule has 11 heteroatoms. The number of nitrogen functional groups attached to an aromatic ring is 1. The third kappa shape index (κ3) is 14.5. The Bertz CT molecular complexity index is 1760. The second-order valence-corrected chi connectivity index (χ2v) is 11.4. The number of carbonyl (C=O) groups is 2. The minimum Gasteiger partial charge on any atom is -0.469 e. The molecule has 2 atom stereocenters. The molecule has 0 saturated carbocycles. The van der Waals surface area contributed by atoms with Crippen molar-refractivity contribution in [1.29, 1.82) is 0 Å². The highest BCUT2D eigenvalue weighted by Gasteiger charge is 2.17. The highest BCUT2D eigenvalue weighted by molar-refractivity contribution is 9.09. The number of nitrogens with zero attached hydrogens (tertiary/aromatic N) is 2. The van der Waals surface area contributed by atoms with Crippen LogP contribution in [0.1, 0.15) is 67.9 Å². The number of esters is 1. The van der Waals surface area contributed by atoms with E-state index in [2.05, 4.69) is 111 Å². The zero-order valence-corrected chi connectivity index (χ0v) is 29.0. The van der Waals surface area contributed by atoms with Crippen molar-refractivity contribution >= 4 is 50.6 Å². The number of benzene rings is 2. The lowest BCUT2D eigenvalue weighted by atomic mass is 10.1. The lowest BCUT2D eigenvalue weighted by molar-refractivity contribution is -0.191. The van der Waals surface area contributed by atoms with Crippen LogP contribution in [0.3, 0.4) is 0 Å². The summed E-state index contributed by atoms with van der Waals surface area (Å²) in [6.45, 7) is 10.0. The van der Waals surface area contributed by atoms with Gasteiger partial charge in [-0.1, -0.05) is 84.0 Å². The predicted molar refractivity (Wildman–Crippen MR) is 194 cm³/mol. The Labute approximate surface area is 290 Å². The summed E-state index contributed by atoms with van der Waals surface area (Å²) in [5.74, 6) is -0.644. The van der Waals surface area contributed by atoms with Crippen molar-refractivity contribution in [2.75, 3.05) is 12.8 Å². The third-order valence-corrected chi connectivity index (χ3v) is 7.23. The maximum absolute atomic E-state index is 10.4. The van der Waals surface area contributed by atoms with Crippen molar-refractivity contribution in [3.63, 3.8) is 0 Å². The quantitative estimate of drug-likeness (QED) is 0.107. The monoisotopic (exact) mass is 720 g/mol. The number of ether oxygens (including phenoxy) is 1. The first-order valence-corrected chi connectivity index (χ1v) is 15.5. The fourth-order valence-electron chi connectivity index (χ4n) is 4.22. The van der Waals surface area contributed by atoms with E-state index in [0.29, 0.717) is 10.9 Å². The van der Waals surface area contributed by atoms with Gasteiger partial charge in [0.25, 0.3) is 5.56 Å². The van der Waals surface area contributed by atoms with Gasteiger partial charge in [0, 0.05) is 22.9 Å². The first-order chi connectivity index (χ1) is 22.4. The van der Waals surface area contributed by atoms with E-state index in [4.69, 9.17) is 15.3 Å². The third-order valence-electron chi connectivity index (χ3n) is 6.70. The van der Waals surface area contributed by atoms with Gasteiger partial charge in [-0.25, -0.2) is 0 Å². The van der Waals surface area contributed by atoms with E-state index >= 15 is 0 Å². The number of halogens is 1. The fraction of sp³-hybridized carbons (Fsp3) is 0.270. The number of H-pyrrole nitrogens is 1. The number of nitrogens with two attached hydrogens (primary N) is 1. The number of fused-ring (bicyclic) bond motifs is 1. The van der Waals surface area contributed by atoms with Crippen LogP contribution in [-0.4, -0.2) is 39.5 Å². The number of ketones is 1. The molecule has 256 valence electrons. The maximum Gasteiger partial charge on any atom is 0.373 e. The van der Waals surface area contributed by atoms with Gasteiger partial charge >= 0.3 is 12.1 Å². The molecule has 0 radical (unpaired) electrons. The number of hydrogen-bond donors (Lipinski definition) is 2. The first kappa shape index (κ1) is 42.9. The van der Waals surface area contributed by atoms with Crippen LogP contribution in [0.25, 0.3) is 11.0 Å². The molecule has 48 heavy (non-hydrogen) atoms. The van der Waals surface area contributed by atoms with Gasteiger partial charge in [0.15, 0.2) is 0 Å².